The van der Waals surface area contributed by atoms with Gasteiger partial charge >= 0.3 is 0 Å². The van der Waals surface area contributed by atoms with Gasteiger partial charge in [-0.2, -0.15) is 0 Å². The Labute approximate surface area is 125 Å². The number of piperidine rings is 1. The molecule has 2 rings (SSSR count). The second kappa shape index (κ2) is 7.43. The third-order valence-electron chi connectivity index (χ3n) is 3.89. The Bertz CT molecular complexity index is 470. The Hall–Kier alpha value is -1.59. The van der Waals surface area contributed by atoms with Crippen molar-refractivity contribution in [2.45, 2.75) is 25.9 Å². The molecule has 1 atom stereocenters. The topological polar surface area (TPSA) is 75.8 Å². The number of amides is 1. The van der Waals surface area contributed by atoms with E-state index in [0.29, 0.717) is 6.54 Å². The fraction of sp³-hybridized carbons (Fsp3) is 0.562. The molecule has 5 heteroatoms. The first-order valence-corrected chi connectivity index (χ1v) is 7.44. The van der Waals surface area contributed by atoms with E-state index in [0.717, 1.165) is 37.2 Å². The molecule has 1 saturated heterocycles. The first-order valence-electron chi connectivity index (χ1n) is 7.44. The minimum absolute atomic E-state index is 0.0121. The number of aliphatic hydroxyl groups is 1. The Morgan fingerprint density at radius 2 is 2.19 bits per heavy atom. The van der Waals surface area contributed by atoms with E-state index in [1.165, 1.54) is 0 Å². The molecule has 0 saturated carbocycles. The van der Waals surface area contributed by atoms with Gasteiger partial charge < -0.3 is 20.5 Å². The summed E-state index contributed by atoms with van der Waals surface area (Å²) < 4.78 is 5.60. The lowest BCUT2D eigenvalue weighted by Crippen LogP contribution is -2.43. The molecule has 0 radical (unpaired) electrons. The zero-order valence-corrected chi connectivity index (χ0v) is 12.5. The smallest absolute Gasteiger partial charge is 0.220 e. The monoisotopic (exact) mass is 292 g/mol. The number of β-amino-alcohol motifs (C(OH)–C–C–N with tert-alkyl or cyclic N) is 1. The third kappa shape index (κ3) is 5.02. The normalized spacial score (nSPS) is 18.4. The van der Waals surface area contributed by atoms with E-state index >= 15 is 0 Å². The van der Waals surface area contributed by atoms with Gasteiger partial charge in [-0.25, -0.2) is 0 Å². The molecule has 1 heterocycles. The van der Waals surface area contributed by atoms with Crippen LogP contribution in [0.4, 0.5) is 0 Å². The van der Waals surface area contributed by atoms with Crippen molar-refractivity contribution in [3.63, 3.8) is 0 Å². The highest BCUT2D eigenvalue weighted by atomic mass is 16.5. The van der Waals surface area contributed by atoms with Crippen LogP contribution in [0.3, 0.4) is 0 Å². The van der Waals surface area contributed by atoms with Crippen molar-refractivity contribution in [1.29, 1.82) is 0 Å². The van der Waals surface area contributed by atoms with Gasteiger partial charge in [0.2, 0.25) is 5.91 Å². The van der Waals surface area contributed by atoms with E-state index in [4.69, 9.17) is 10.5 Å². The number of carbonyl (C=O) groups is 1. The van der Waals surface area contributed by atoms with Crippen molar-refractivity contribution in [3.8, 4) is 5.75 Å². The lowest BCUT2D eigenvalue weighted by molar-refractivity contribution is -0.123. The first kappa shape index (κ1) is 15.8. The number of ether oxygens (including phenoxy) is 1. The van der Waals surface area contributed by atoms with Gasteiger partial charge in [-0.15, -0.1) is 0 Å². The molecule has 1 fully saturated rings. The maximum atomic E-state index is 11.1. The van der Waals surface area contributed by atoms with Crippen LogP contribution in [-0.2, 0) is 4.79 Å². The standard InChI is InChI=1S/C16H24N2O3/c1-12-3-2-4-15(9-12)21-11-14(19)10-18-7-5-13(6-8-18)16(17)20/h2-4,9,13-14,19H,5-8,10-11H2,1H3,(H2,17,20). The van der Waals surface area contributed by atoms with Crippen molar-refractivity contribution >= 4 is 5.91 Å². The SMILES string of the molecule is Cc1cccc(OCC(O)CN2CCC(C(N)=O)CC2)c1. The number of primary amides is 1. The summed E-state index contributed by atoms with van der Waals surface area (Å²) in [5, 5.41) is 10.0. The highest BCUT2D eigenvalue weighted by molar-refractivity contribution is 5.76. The average molecular weight is 292 g/mol. The summed E-state index contributed by atoms with van der Waals surface area (Å²) in [6.07, 6.45) is 1.03. The van der Waals surface area contributed by atoms with Gasteiger partial charge in [0.1, 0.15) is 18.5 Å². The molecule has 1 aliphatic heterocycles. The van der Waals surface area contributed by atoms with Gasteiger partial charge in [-0.1, -0.05) is 12.1 Å². The predicted molar refractivity (Wildman–Crippen MR) is 81.0 cm³/mol. The van der Waals surface area contributed by atoms with Crippen LogP contribution >= 0.6 is 0 Å². The molecule has 0 aliphatic carbocycles. The average Bonchev–Trinajstić information content (AvgIpc) is 2.46. The maximum Gasteiger partial charge on any atom is 0.220 e. The Morgan fingerprint density at radius 1 is 1.48 bits per heavy atom. The molecule has 0 spiro atoms. The van der Waals surface area contributed by atoms with Crippen molar-refractivity contribution in [2.75, 3.05) is 26.2 Å². The summed E-state index contributed by atoms with van der Waals surface area (Å²) in [5.74, 6) is 0.557. The van der Waals surface area contributed by atoms with Gasteiger partial charge in [-0.3, -0.25) is 4.79 Å². The minimum atomic E-state index is -0.532. The number of hydrogen-bond acceptors (Lipinski definition) is 4. The number of rotatable bonds is 6. The first-order chi connectivity index (χ1) is 10.0. The molecule has 3 N–H and O–H groups in total. The van der Waals surface area contributed by atoms with Crippen molar-refractivity contribution in [3.05, 3.63) is 29.8 Å². The summed E-state index contributed by atoms with van der Waals surface area (Å²) in [4.78, 5) is 13.3. The highest BCUT2D eigenvalue weighted by Gasteiger charge is 2.24. The van der Waals surface area contributed by atoms with Gasteiger partial charge in [0, 0.05) is 12.5 Å². The molecule has 1 aromatic rings. The molecule has 0 bridgehead atoms. The maximum absolute atomic E-state index is 11.1. The number of likely N-dealkylation sites (tertiary alicyclic amines) is 1. The summed E-state index contributed by atoms with van der Waals surface area (Å²) in [7, 11) is 0. The fourth-order valence-corrected chi connectivity index (χ4v) is 2.65. The lowest BCUT2D eigenvalue weighted by Gasteiger charge is -2.31. The number of carbonyl (C=O) groups excluding carboxylic acids is 1. The van der Waals surface area contributed by atoms with E-state index in [1.807, 2.05) is 31.2 Å². The summed E-state index contributed by atoms with van der Waals surface area (Å²) in [6.45, 7) is 4.45. The quantitative estimate of drug-likeness (QED) is 0.818. The molecule has 1 unspecified atom stereocenters. The van der Waals surface area contributed by atoms with E-state index in [9.17, 15) is 9.90 Å². The van der Waals surface area contributed by atoms with Crippen molar-refractivity contribution < 1.29 is 14.6 Å². The van der Waals surface area contributed by atoms with E-state index in [-0.39, 0.29) is 18.4 Å². The second-order valence-corrected chi connectivity index (χ2v) is 5.76. The molecule has 0 aromatic heterocycles. The van der Waals surface area contributed by atoms with E-state index in [2.05, 4.69) is 4.90 Å². The summed E-state index contributed by atoms with van der Waals surface area (Å²) in [5.41, 5.74) is 6.45. The summed E-state index contributed by atoms with van der Waals surface area (Å²) >= 11 is 0. The van der Waals surface area contributed by atoms with E-state index in [1.54, 1.807) is 0 Å². The molecule has 1 amide bonds. The van der Waals surface area contributed by atoms with Crippen LogP contribution in [-0.4, -0.2) is 48.3 Å². The minimum Gasteiger partial charge on any atom is -0.491 e. The largest absolute Gasteiger partial charge is 0.491 e. The number of aliphatic hydroxyl groups excluding tert-OH is 1. The van der Waals surface area contributed by atoms with Crippen molar-refractivity contribution in [2.24, 2.45) is 11.7 Å². The third-order valence-corrected chi connectivity index (χ3v) is 3.89. The zero-order chi connectivity index (χ0) is 15.2. The molecule has 1 aliphatic rings. The Balaban J connectivity index is 1.70. The van der Waals surface area contributed by atoms with Gasteiger partial charge in [0.15, 0.2) is 0 Å². The van der Waals surface area contributed by atoms with Gasteiger partial charge in [0.05, 0.1) is 0 Å². The molecular formula is C16H24N2O3. The predicted octanol–water partition coefficient (Wildman–Crippen LogP) is 0.932. The molecule has 5 nitrogen and oxygen atoms in total. The lowest BCUT2D eigenvalue weighted by atomic mass is 9.96. The van der Waals surface area contributed by atoms with E-state index < -0.39 is 6.10 Å². The highest BCUT2D eigenvalue weighted by Crippen LogP contribution is 2.17. The van der Waals surface area contributed by atoms with Crippen LogP contribution in [0.15, 0.2) is 24.3 Å². The number of benzene rings is 1. The van der Waals surface area contributed by atoms with Crippen LogP contribution in [0, 0.1) is 12.8 Å². The van der Waals surface area contributed by atoms with Crippen LogP contribution in [0.1, 0.15) is 18.4 Å². The molecule has 21 heavy (non-hydrogen) atoms. The molecule has 1 aromatic carbocycles. The molecule has 116 valence electrons. The van der Waals surface area contributed by atoms with Crippen LogP contribution in [0.5, 0.6) is 5.75 Å². The van der Waals surface area contributed by atoms with Crippen molar-refractivity contribution in [1.82, 2.24) is 4.90 Å². The Kier molecular flexibility index (Phi) is 5.59. The second-order valence-electron chi connectivity index (χ2n) is 5.76. The van der Waals surface area contributed by atoms with Crippen LogP contribution in [0.25, 0.3) is 0 Å². The molecular weight excluding hydrogens is 268 g/mol. The summed E-state index contributed by atoms with van der Waals surface area (Å²) in [6, 6.07) is 7.78. The Morgan fingerprint density at radius 3 is 2.81 bits per heavy atom. The number of hydrogen-bond donors (Lipinski definition) is 2. The number of nitrogens with two attached hydrogens (primary N) is 1. The number of aryl methyl sites for hydroxylation is 1. The van der Waals surface area contributed by atoms with Gasteiger partial charge in [0.25, 0.3) is 0 Å². The number of nitrogens with zero attached hydrogens (tertiary/aromatic N) is 1. The van der Waals surface area contributed by atoms with Crippen LogP contribution in [0.2, 0.25) is 0 Å². The van der Waals surface area contributed by atoms with Crippen LogP contribution < -0.4 is 10.5 Å². The fourth-order valence-electron chi connectivity index (χ4n) is 2.65. The zero-order valence-electron chi connectivity index (χ0n) is 12.5. The van der Waals surface area contributed by atoms with Gasteiger partial charge in [-0.05, 0) is 50.6 Å².